The van der Waals surface area contributed by atoms with Crippen LogP contribution in [0.4, 0.5) is 5.95 Å². The van der Waals surface area contributed by atoms with E-state index >= 15 is 0 Å². The number of hydrogen-bond donors (Lipinski definition) is 2. The van der Waals surface area contributed by atoms with Gasteiger partial charge < -0.3 is 10.4 Å². The van der Waals surface area contributed by atoms with Crippen LogP contribution >= 0.6 is 0 Å². The first-order valence-corrected chi connectivity index (χ1v) is 4.69. The minimum atomic E-state index is -0.0217. The van der Waals surface area contributed by atoms with Crippen molar-refractivity contribution >= 4 is 5.95 Å². The standard InChI is InChI=1S/C9H13N3O2/c1-6-7(2-5-13)8(14)12-4-3-10-9(12)11-6/h13H,2-5H2,1H3,(H,10,11). The monoisotopic (exact) mass is 195 g/mol. The highest BCUT2D eigenvalue weighted by Crippen LogP contribution is 2.10. The van der Waals surface area contributed by atoms with Crippen LogP contribution in [-0.4, -0.2) is 27.8 Å². The highest BCUT2D eigenvalue weighted by molar-refractivity contribution is 5.34. The van der Waals surface area contributed by atoms with Gasteiger partial charge in [0.05, 0.1) is 5.69 Å². The summed E-state index contributed by atoms with van der Waals surface area (Å²) in [5, 5.41) is 11.9. The van der Waals surface area contributed by atoms with Gasteiger partial charge in [0, 0.05) is 31.7 Å². The second-order valence-electron chi connectivity index (χ2n) is 3.36. The molecule has 0 fully saturated rings. The molecule has 5 nitrogen and oxygen atoms in total. The maximum atomic E-state index is 11.8. The lowest BCUT2D eigenvalue weighted by Gasteiger charge is -2.07. The molecule has 0 saturated carbocycles. The summed E-state index contributed by atoms with van der Waals surface area (Å²) >= 11 is 0. The lowest BCUT2D eigenvalue weighted by molar-refractivity contribution is 0.298. The smallest absolute Gasteiger partial charge is 0.258 e. The largest absolute Gasteiger partial charge is 0.396 e. The van der Waals surface area contributed by atoms with E-state index in [1.165, 1.54) is 0 Å². The Hall–Kier alpha value is -1.36. The summed E-state index contributed by atoms with van der Waals surface area (Å²) in [7, 11) is 0. The summed E-state index contributed by atoms with van der Waals surface area (Å²) in [5.74, 6) is 0.647. The second kappa shape index (κ2) is 3.42. The Bertz CT molecular complexity index is 411. The molecule has 1 aliphatic heterocycles. The normalized spacial score (nSPS) is 13.9. The third-order valence-electron chi connectivity index (χ3n) is 2.45. The average molecular weight is 195 g/mol. The molecule has 76 valence electrons. The predicted octanol–water partition coefficient (Wildman–Crippen LogP) is -0.488. The summed E-state index contributed by atoms with van der Waals surface area (Å²) < 4.78 is 1.62. The van der Waals surface area contributed by atoms with Crippen molar-refractivity contribution in [3.63, 3.8) is 0 Å². The van der Waals surface area contributed by atoms with Crippen LogP contribution in [0.5, 0.6) is 0 Å². The minimum absolute atomic E-state index is 0.00939. The number of aromatic nitrogens is 2. The number of aliphatic hydroxyl groups is 1. The molecule has 2 rings (SSSR count). The van der Waals surface area contributed by atoms with Gasteiger partial charge in [-0.15, -0.1) is 0 Å². The van der Waals surface area contributed by atoms with Crippen molar-refractivity contribution in [2.45, 2.75) is 19.9 Å². The van der Waals surface area contributed by atoms with Crippen LogP contribution in [0.15, 0.2) is 4.79 Å². The van der Waals surface area contributed by atoms with E-state index in [0.717, 1.165) is 6.54 Å². The summed E-state index contributed by atoms with van der Waals surface area (Å²) in [6.45, 7) is 3.21. The number of fused-ring (bicyclic) bond motifs is 1. The molecular formula is C9H13N3O2. The maximum Gasteiger partial charge on any atom is 0.258 e. The van der Waals surface area contributed by atoms with Gasteiger partial charge >= 0.3 is 0 Å². The first-order valence-electron chi connectivity index (χ1n) is 4.69. The molecule has 1 aromatic heterocycles. The topological polar surface area (TPSA) is 67.2 Å². The van der Waals surface area contributed by atoms with Crippen LogP contribution < -0.4 is 10.9 Å². The molecule has 0 unspecified atom stereocenters. The van der Waals surface area contributed by atoms with E-state index in [9.17, 15) is 4.79 Å². The van der Waals surface area contributed by atoms with E-state index < -0.39 is 0 Å². The summed E-state index contributed by atoms with van der Waals surface area (Å²) in [6.07, 6.45) is 0.387. The van der Waals surface area contributed by atoms with Gasteiger partial charge in [-0.25, -0.2) is 4.98 Å². The molecule has 0 spiro atoms. The number of rotatable bonds is 2. The van der Waals surface area contributed by atoms with Crippen molar-refractivity contribution in [2.75, 3.05) is 18.5 Å². The van der Waals surface area contributed by atoms with Crippen LogP contribution in [0.25, 0.3) is 0 Å². The lowest BCUT2D eigenvalue weighted by Crippen LogP contribution is -2.25. The molecule has 1 aromatic rings. The van der Waals surface area contributed by atoms with Crippen LogP contribution in [0.2, 0.25) is 0 Å². The Labute approximate surface area is 81.4 Å². The number of aliphatic hydroxyl groups excluding tert-OH is 1. The van der Waals surface area contributed by atoms with Gasteiger partial charge in [0.15, 0.2) is 0 Å². The van der Waals surface area contributed by atoms with Gasteiger partial charge in [-0.2, -0.15) is 0 Å². The quantitative estimate of drug-likeness (QED) is 0.668. The van der Waals surface area contributed by atoms with Crippen LogP contribution in [0, 0.1) is 6.92 Å². The van der Waals surface area contributed by atoms with E-state index in [0.29, 0.717) is 30.2 Å². The number of aryl methyl sites for hydroxylation is 1. The van der Waals surface area contributed by atoms with E-state index in [4.69, 9.17) is 5.11 Å². The first kappa shape index (κ1) is 9.21. The minimum Gasteiger partial charge on any atom is -0.396 e. The molecule has 0 amide bonds. The van der Waals surface area contributed by atoms with E-state index in [1.54, 1.807) is 11.5 Å². The molecule has 0 bridgehead atoms. The van der Waals surface area contributed by atoms with Crippen molar-refractivity contribution in [3.05, 3.63) is 21.6 Å². The predicted molar refractivity (Wildman–Crippen MR) is 52.5 cm³/mol. The zero-order valence-corrected chi connectivity index (χ0v) is 8.08. The molecule has 2 heterocycles. The van der Waals surface area contributed by atoms with Gasteiger partial charge in [-0.05, 0) is 6.92 Å². The van der Waals surface area contributed by atoms with Crippen LogP contribution in [0.1, 0.15) is 11.3 Å². The summed E-state index contributed by atoms with van der Waals surface area (Å²) in [5.41, 5.74) is 1.32. The second-order valence-corrected chi connectivity index (χ2v) is 3.36. The number of nitrogens with zero attached hydrogens (tertiary/aromatic N) is 2. The molecule has 5 heteroatoms. The van der Waals surface area contributed by atoms with Crippen molar-refractivity contribution in [1.29, 1.82) is 0 Å². The van der Waals surface area contributed by atoms with Gasteiger partial charge in [-0.1, -0.05) is 0 Å². The third-order valence-corrected chi connectivity index (χ3v) is 2.45. The zero-order chi connectivity index (χ0) is 10.1. The van der Waals surface area contributed by atoms with Crippen LogP contribution in [-0.2, 0) is 13.0 Å². The number of anilines is 1. The molecule has 0 aliphatic carbocycles. The fourth-order valence-electron chi connectivity index (χ4n) is 1.72. The fourth-order valence-corrected chi connectivity index (χ4v) is 1.72. The highest BCUT2D eigenvalue weighted by atomic mass is 16.3. The number of hydrogen-bond acceptors (Lipinski definition) is 4. The third kappa shape index (κ3) is 1.29. The summed E-state index contributed by atoms with van der Waals surface area (Å²) in [4.78, 5) is 16.1. The molecule has 0 saturated heterocycles. The van der Waals surface area contributed by atoms with Crippen LogP contribution in [0.3, 0.4) is 0 Å². The Balaban J connectivity index is 2.57. The van der Waals surface area contributed by atoms with Crippen molar-refractivity contribution in [2.24, 2.45) is 0 Å². The Morgan fingerprint density at radius 1 is 1.64 bits per heavy atom. The Morgan fingerprint density at radius 2 is 2.43 bits per heavy atom. The maximum absolute atomic E-state index is 11.8. The summed E-state index contributed by atoms with van der Waals surface area (Å²) in [6, 6.07) is 0. The van der Waals surface area contributed by atoms with Gasteiger partial charge in [-0.3, -0.25) is 9.36 Å². The molecule has 14 heavy (non-hydrogen) atoms. The van der Waals surface area contributed by atoms with Crippen molar-refractivity contribution in [3.8, 4) is 0 Å². The number of nitrogens with one attached hydrogen (secondary N) is 1. The van der Waals surface area contributed by atoms with Crippen molar-refractivity contribution in [1.82, 2.24) is 9.55 Å². The zero-order valence-electron chi connectivity index (χ0n) is 8.08. The van der Waals surface area contributed by atoms with Crippen molar-refractivity contribution < 1.29 is 5.11 Å². The van der Waals surface area contributed by atoms with E-state index in [-0.39, 0.29) is 12.2 Å². The van der Waals surface area contributed by atoms with Gasteiger partial charge in [0.25, 0.3) is 5.56 Å². The van der Waals surface area contributed by atoms with Gasteiger partial charge in [0.2, 0.25) is 5.95 Å². The Kier molecular flexibility index (Phi) is 2.25. The Morgan fingerprint density at radius 3 is 3.14 bits per heavy atom. The van der Waals surface area contributed by atoms with Gasteiger partial charge in [0.1, 0.15) is 0 Å². The average Bonchev–Trinajstić information content (AvgIpc) is 2.60. The molecule has 1 aliphatic rings. The lowest BCUT2D eigenvalue weighted by atomic mass is 10.2. The molecule has 2 N–H and O–H groups in total. The molecular weight excluding hydrogens is 182 g/mol. The molecule has 0 aromatic carbocycles. The van der Waals surface area contributed by atoms with E-state index in [2.05, 4.69) is 10.3 Å². The van der Waals surface area contributed by atoms with E-state index in [1.807, 2.05) is 0 Å². The molecule has 0 radical (unpaired) electrons. The first-order chi connectivity index (χ1) is 6.74. The molecule has 0 atom stereocenters. The fraction of sp³-hybridized carbons (Fsp3) is 0.556. The highest BCUT2D eigenvalue weighted by Gasteiger charge is 2.16. The SMILES string of the molecule is Cc1nc2n(c(=O)c1CCO)CCN2.